The zero-order valence-corrected chi connectivity index (χ0v) is 12.8. The Morgan fingerprint density at radius 2 is 2.26 bits per heavy atom. The Hall–Kier alpha value is -1.17. The second kappa shape index (κ2) is 8.09. The molecule has 1 rings (SSSR count). The monoisotopic (exact) mass is 284 g/mol. The van der Waals surface area contributed by atoms with Gasteiger partial charge in [0.2, 0.25) is 5.91 Å². The Labute approximate surface area is 119 Å². The van der Waals surface area contributed by atoms with E-state index in [1.54, 1.807) is 4.57 Å². The first kappa shape index (κ1) is 15.9. The van der Waals surface area contributed by atoms with Crippen LogP contribution in [-0.2, 0) is 17.8 Å². The van der Waals surface area contributed by atoms with Gasteiger partial charge < -0.3 is 5.32 Å². The van der Waals surface area contributed by atoms with Crippen molar-refractivity contribution in [1.29, 1.82) is 0 Å². The van der Waals surface area contributed by atoms with Crippen molar-refractivity contribution in [3.8, 4) is 0 Å². The van der Waals surface area contributed by atoms with E-state index in [1.807, 2.05) is 0 Å². The van der Waals surface area contributed by atoms with Crippen LogP contribution >= 0.6 is 12.2 Å². The number of carbonyl (C=O) groups excluding carboxylic acids is 1. The van der Waals surface area contributed by atoms with E-state index in [-0.39, 0.29) is 12.5 Å². The van der Waals surface area contributed by atoms with E-state index in [2.05, 4.69) is 36.3 Å². The molecule has 0 atom stereocenters. The SMILES string of the molecule is CCCc1n[nH]c(=S)n1CC(=O)NCCCC(C)C. The molecule has 1 aromatic rings. The van der Waals surface area contributed by atoms with Gasteiger partial charge in [0.05, 0.1) is 0 Å². The van der Waals surface area contributed by atoms with Crippen LogP contribution in [0.4, 0.5) is 0 Å². The van der Waals surface area contributed by atoms with E-state index >= 15 is 0 Å². The Morgan fingerprint density at radius 1 is 1.53 bits per heavy atom. The number of aromatic nitrogens is 3. The fraction of sp³-hybridized carbons (Fsp3) is 0.769. The predicted octanol–water partition coefficient (Wildman–Crippen LogP) is 2.45. The topological polar surface area (TPSA) is 62.7 Å². The van der Waals surface area contributed by atoms with E-state index in [4.69, 9.17) is 12.2 Å². The molecule has 0 saturated heterocycles. The van der Waals surface area contributed by atoms with Gasteiger partial charge in [-0.25, -0.2) is 0 Å². The van der Waals surface area contributed by atoms with E-state index in [1.165, 1.54) is 0 Å². The summed E-state index contributed by atoms with van der Waals surface area (Å²) >= 11 is 5.14. The highest BCUT2D eigenvalue weighted by Crippen LogP contribution is 2.03. The molecule has 0 unspecified atom stereocenters. The maximum atomic E-state index is 11.8. The number of H-pyrrole nitrogens is 1. The number of hydrogen-bond acceptors (Lipinski definition) is 3. The van der Waals surface area contributed by atoms with Crippen LogP contribution in [0.1, 0.15) is 45.9 Å². The van der Waals surface area contributed by atoms with Crippen molar-refractivity contribution in [3.05, 3.63) is 10.6 Å². The third-order valence-electron chi connectivity index (χ3n) is 2.89. The summed E-state index contributed by atoms with van der Waals surface area (Å²) in [5.74, 6) is 1.53. The molecular weight excluding hydrogens is 260 g/mol. The fourth-order valence-electron chi connectivity index (χ4n) is 1.87. The molecule has 5 nitrogen and oxygen atoms in total. The first-order valence-corrected chi connectivity index (χ1v) is 7.36. The van der Waals surface area contributed by atoms with Crippen molar-refractivity contribution in [3.63, 3.8) is 0 Å². The molecule has 0 bridgehead atoms. The standard InChI is InChI=1S/C13H24N4OS/c1-4-6-11-15-16-13(19)17(11)9-12(18)14-8-5-7-10(2)3/h10H,4-9H2,1-3H3,(H,14,18)(H,16,19). The van der Waals surface area contributed by atoms with Crippen molar-refractivity contribution in [2.45, 2.75) is 53.0 Å². The molecule has 6 heteroatoms. The second-order valence-corrected chi connectivity index (χ2v) is 5.55. The molecule has 0 radical (unpaired) electrons. The molecule has 0 aliphatic carbocycles. The van der Waals surface area contributed by atoms with Gasteiger partial charge in [-0.05, 0) is 37.4 Å². The molecule has 0 spiro atoms. The summed E-state index contributed by atoms with van der Waals surface area (Å²) in [6.45, 7) is 7.43. The molecule has 2 N–H and O–H groups in total. The molecule has 0 aliphatic rings. The number of carbonyl (C=O) groups is 1. The van der Waals surface area contributed by atoms with Crippen LogP contribution in [0.15, 0.2) is 0 Å². The molecule has 108 valence electrons. The number of amides is 1. The van der Waals surface area contributed by atoms with Crippen LogP contribution in [0.25, 0.3) is 0 Å². The maximum Gasteiger partial charge on any atom is 0.240 e. The Kier molecular flexibility index (Phi) is 6.77. The van der Waals surface area contributed by atoms with Crippen LogP contribution < -0.4 is 5.32 Å². The highest BCUT2D eigenvalue weighted by Gasteiger charge is 2.09. The van der Waals surface area contributed by atoms with Crippen LogP contribution in [0, 0.1) is 10.7 Å². The lowest BCUT2D eigenvalue weighted by Gasteiger charge is -2.08. The number of aromatic amines is 1. The summed E-state index contributed by atoms with van der Waals surface area (Å²) in [6, 6.07) is 0. The second-order valence-electron chi connectivity index (χ2n) is 5.17. The third kappa shape index (κ3) is 5.55. The van der Waals surface area contributed by atoms with Crippen LogP contribution in [0.2, 0.25) is 0 Å². The highest BCUT2D eigenvalue weighted by atomic mass is 32.1. The van der Waals surface area contributed by atoms with Gasteiger partial charge in [0.1, 0.15) is 12.4 Å². The van der Waals surface area contributed by atoms with Gasteiger partial charge in [0, 0.05) is 13.0 Å². The first-order chi connectivity index (χ1) is 9.04. The van der Waals surface area contributed by atoms with Crippen molar-refractivity contribution in [2.24, 2.45) is 5.92 Å². The van der Waals surface area contributed by atoms with Crippen LogP contribution in [0.5, 0.6) is 0 Å². The highest BCUT2D eigenvalue weighted by molar-refractivity contribution is 7.71. The quantitative estimate of drug-likeness (QED) is 0.569. The third-order valence-corrected chi connectivity index (χ3v) is 3.20. The number of nitrogens with zero attached hydrogens (tertiary/aromatic N) is 2. The minimum atomic E-state index is -0.00129. The van der Waals surface area contributed by atoms with Crippen LogP contribution in [0.3, 0.4) is 0 Å². The molecule has 19 heavy (non-hydrogen) atoms. The molecule has 0 aromatic carbocycles. The smallest absolute Gasteiger partial charge is 0.240 e. The minimum absolute atomic E-state index is 0.00129. The normalized spacial score (nSPS) is 10.9. The van der Waals surface area contributed by atoms with Crippen molar-refractivity contribution >= 4 is 18.1 Å². The predicted molar refractivity (Wildman–Crippen MR) is 78.5 cm³/mol. The number of nitrogens with one attached hydrogen (secondary N) is 2. The summed E-state index contributed by atoms with van der Waals surface area (Å²) < 4.78 is 2.29. The minimum Gasteiger partial charge on any atom is -0.355 e. The maximum absolute atomic E-state index is 11.8. The summed E-state index contributed by atoms with van der Waals surface area (Å²) in [7, 11) is 0. The summed E-state index contributed by atoms with van der Waals surface area (Å²) in [4.78, 5) is 11.8. The molecule has 0 saturated carbocycles. The summed E-state index contributed by atoms with van der Waals surface area (Å²) in [5.41, 5.74) is 0. The average molecular weight is 284 g/mol. The van der Waals surface area contributed by atoms with Crippen molar-refractivity contribution in [1.82, 2.24) is 20.1 Å². The molecular formula is C13H24N4OS. The molecule has 0 aliphatic heterocycles. The molecule has 1 aromatic heterocycles. The number of rotatable bonds is 8. The lowest BCUT2D eigenvalue weighted by molar-refractivity contribution is -0.121. The Morgan fingerprint density at radius 3 is 2.89 bits per heavy atom. The van der Waals surface area contributed by atoms with E-state index < -0.39 is 0 Å². The van der Waals surface area contributed by atoms with Gasteiger partial charge in [0.25, 0.3) is 0 Å². The number of hydrogen-bond donors (Lipinski definition) is 2. The van der Waals surface area contributed by atoms with Gasteiger partial charge in [-0.1, -0.05) is 20.8 Å². The molecule has 0 fully saturated rings. The first-order valence-electron chi connectivity index (χ1n) is 6.95. The summed E-state index contributed by atoms with van der Waals surface area (Å²) in [5, 5.41) is 9.81. The van der Waals surface area contributed by atoms with Gasteiger partial charge in [-0.15, -0.1) is 0 Å². The zero-order valence-electron chi connectivity index (χ0n) is 12.0. The van der Waals surface area contributed by atoms with Gasteiger partial charge in [-0.3, -0.25) is 14.5 Å². The van der Waals surface area contributed by atoms with Gasteiger partial charge >= 0.3 is 0 Å². The van der Waals surface area contributed by atoms with Gasteiger partial charge in [-0.2, -0.15) is 5.10 Å². The molecule has 1 amide bonds. The van der Waals surface area contributed by atoms with E-state index in [0.717, 1.165) is 38.1 Å². The average Bonchev–Trinajstić information content (AvgIpc) is 2.68. The largest absolute Gasteiger partial charge is 0.355 e. The lowest BCUT2D eigenvalue weighted by atomic mass is 10.1. The molecule has 1 heterocycles. The Bertz CT molecular complexity index is 450. The van der Waals surface area contributed by atoms with E-state index in [9.17, 15) is 4.79 Å². The van der Waals surface area contributed by atoms with Crippen LogP contribution in [-0.4, -0.2) is 27.2 Å². The number of aryl methyl sites for hydroxylation is 1. The zero-order chi connectivity index (χ0) is 14.3. The van der Waals surface area contributed by atoms with E-state index in [0.29, 0.717) is 10.7 Å². The lowest BCUT2D eigenvalue weighted by Crippen LogP contribution is -2.29. The fourth-order valence-corrected chi connectivity index (χ4v) is 2.08. The van der Waals surface area contributed by atoms with Crippen molar-refractivity contribution < 1.29 is 4.79 Å². The summed E-state index contributed by atoms with van der Waals surface area (Å²) in [6.07, 6.45) is 3.96. The van der Waals surface area contributed by atoms with Gasteiger partial charge in [0.15, 0.2) is 4.77 Å². The van der Waals surface area contributed by atoms with Crippen molar-refractivity contribution in [2.75, 3.05) is 6.54 Å². The Balaban J connectivity index is 2.44.